The second kappa shape index (κ2) is 6.48. The van der Waals surface area contributed by atoms with Gasteiger partial charge in [-0.05, 0) is 13.3 Å². The van der Waals surface area contributed by atoms with Gasteiger partial charge in [-0.2, -0.15) is 5.10 Å². The Morgan fingerprint density at radius 2 is 2.27 bits per heavy atom. The molecule has 2 atom stereocenters. The number of rotatable bonds is 5. The number of aryl methyl sites for hydroxylation is 1. The van der Waals surface area contributed by atoms with Crippen LogP contribution in [0.2, 0.25) is 0 Å². The molecule has 3 heterocycles. The van der Waals surface area contributed by atoms with Gasteiger partial charge in [0.05, 0.1) is 11.2 Å². The first-order valence-corrected chi connectivity index (χ1v) is 8.66. The van der Waals surface area contributed by atoms with E-state index in [1.54, 1.807) is 11.3 Å². The van der Waals surface area contributed by atoms with Crippen LogP contribution in [0, 0.1) is 6.92 Å². The summed E-state index contributed by atoms with van der Waals surface area (Å²) in [7, 11) is 1.97. The molecular formula is C16H24N4OS. The lowest BCUT2D eigenvalue weighted by atomic mass is 10.0. The van der Waals surface area contributed by atoms with E-state index in [0.29, 0.717) is 12.0 Å². The van der Waals surface area contributed by atoms with Crippen molar-refractivity contribution in [3.05, 3.63) is 33.5 Å². The molecule has 22 heavy (non-hydrogen) atoms. The Balaban J connectivity index is 1.65. The highest BCUT2D eigenvalue weighted by Gasteiger charge is 2.31. The fraction of sp³-hybridized carbons (Fsp3) is 0.625. The fourth-order valence-electron chi connectivity index (χ4n) is 2.80. The summed E-state index contributed by atoms with van der Waals surface area (Å²) in [5.74, 6) is 0.499. The molecule has 0 radical (unpaired) electrons. The summed E-state index contributed by atoms with van der Waals surface area (Å²) >= 11 is 1.80. The Kier molecular flexibility index (Phi) is 4.61. The predicted molar refractivity (Wildman–Crippen MR) is 88.1 cm³/mol. The zero-order chi connectivity index (χ0) is 15.7. The quantitative estimate of drug-likeness (QED) is 0.920. The normalized spacial score (nSPS) is 21.9. The zero-order valence-electron chi connectivity index (χ0n) is 13.7. The summed E-state index contributed by atoms with van der Waals surface area (Å²) in [4.78, 5) is 5.78. The van der Waals surface area contributed by atoms with Gasteiger partial charge < -0.3 is 10.1 Å². The van der Waals surface area contributed by atoms with Crippen molar-refractivity contribution in [2.75, 3.05) is 6.61 Å². The minimum atomic E-state index is 0.103. The van der Waals surface area contributed by atoms with E-state index in [1.165, 1.54) is 21.1 Å². The molecule has 6 heteroatoms. The second-order valence-corrected chi connectivity index (χ2v) is 7.34. The molecule has 1 saturated heterocycles. The van der Waals surface area contributed by atoms with Crippen molar-refractivity contribution >= 4 is 11.3 Å². The molecule has 0 saturated carbocycles. The molecule has 5 nitrogen and oxygen atoms in total. The van der Waals surface area contributed by atoms with Crippen molar-refractivity contribution in [3.63, 3.8) is 0 Å². The van der Waals surface area contributed by atoms with Crippen molar-refractivity contribution in [3.8, 4) is 0 Å². The highest BCUT2D eigenvalue weighted by Crippen LogP contribution is 2.31. The minimum absolute atomic E-state index is 0.103. The Morgan fingerprint density at radius 3 is 2.91 bits per heavy atom. The molecule has 0 spiro atoms. The first kappa shape index (κ1) is 15.6. The molecule has 1 aliphatic heterocycles. The SMILES string of the molecule is Cc1c([C@H]2OCC[C@@H]2NCc2cnc(C(C)C)s2)cnn1C. The molecule has 0 aromatic carbocycles. The van der Waals surface area contributed by atoms with Crippen LogP contribution in [0.3, 0.4) is 0 Å². The maximum absolute atomic E-state index is 5.95. The molecule has 1 aliphatic rings. The third-order valence-corrected chi connectivity index (χ3v) is 5.57. The van der Waals surface area contributed by atoms with Crippen molar-refractivity contribution in [2.45, 2.75) is 51.8 Å². The van der Waals surface area contributed by atoms with Gasteiger partial charge in [0, 0.05) is 54.5 Å². The lowest BCUT2D eigenvalue weighted by molar-refractivity contribution is 0.0979. The van der Waals surface area contributed by atoms with Crippen LogP contribution < -0.4 is 5.32 Å². The lowest BCUT2D eigenvalue weighted by Gasteiger charge is -2.19. The van der Waals surface area contributed by atoms with E-state index in [1.807, 2.05) is 24.1 Å². The summed E-state index contributed by atoms with van der Waals surface area (Å²) in [5, 5.41) is 9.19. The number of nitrogens with zero attached hydrogens (tertiary/aromatic N) is 3. The molecule has 2 aromatic rings. The van der Waals surface area contributed by atoms with Crippen LogP contribution in [0.15, 0.2) is 12.4 Å². The Morgan fingerprint density at radius 1 is 1.45 bits per heavy atom. The third kappa shape index (κ3) is 3.09. The molecule has 0 bridgehead atoms. The zero-order valence-corrected chi connectivity index (χ0v) is 14.5. The molecule has 1 fully saturated rings. The van der Waals surface area contributed by atoms with Gasteiger partial charge in [-0.15, -0.1) is 11.3 Å². The highest BCUT2D eigenvalue weighted by molar-refractivity contribution is 7.11. The summed E-state index contributed by atoms with van der Waals surface area (Å²) in [6, 6.07) is 0.340. The molecule has 3 rings (SSSR count). The smallest absolute Gasteiger partial charge is 0.101 e. The van der Waals surface area contributed by atoms with Crippen LogP contribution in [0.5, 0.6) is 0 Å². The maximum atomic E-state index is 5.95. The topological polar surface area (TPSA) is 52.0 Å². The van der Waals surface area contributed by atoms with E-state index in [-0.39, 0.29) is 6.10 Å². The van der Waals surface area contributed by atoms with Crippen LogP contribution in [0.4, 0.5) is 0 Å². The van der Waals surface area contributed by atoms with Gasteiger partial charge in [-0.1, -0.05) is 13.8 Å². The van der Waals surface area contributed by atoms with Crippen molar-refractivity contribution in [1.29, 1.82) is 0 Å². The maximum Gasteiger partial charge on any atom is 0.101 e. The number of nitrogens with one attached hydrogen (secondary N) is 1. The van der Waals surface area contributed by atoms with Crippen LogP contribution >= 0.6 is 11.3 Å². The number of hydrogen-bond acceptors (Lipinski definition) is 5. The number of hydrogen-bond donors (Lipinski definition) is 1. The predicted octanol–water partition coefficient (Wildman–Crippen LogP) is 2.93. The highest BCUT2D eigenvalue weighted by atomic mass is 32.1. The third-order valence-electron chi connectivity index (χ3n) is 4.28. The van der Waals surface area contributed by atoms with Crippen molar-refractivity contribution in [1.82, 2.24) is 20.1 Å². The summed E-state index contributed by atoms with van der Waals surface area (Å²) in [5.41, 5.74) is 2.38. The Bertz CT molecular complexity index is 634. The summed E-state index contributed by atoms with van der Waals surface area (Å²) in [6.07, 6.45) is 5.07. The van der Waals surface area contributed by atoms with Crippen LogP contribution in [0.1, 0.15) is 53.4 Å². The van der Waals surface area contributed by atoms with E-state index < -0.39 is 0 Å². The molecule has 0 amide bonds. The average Bonchev–Trinajstić information content (AvgIpc) is 3.19. The van der Waals surface area contributed by atoms with E-state index >= 15 is 0 Å². The van der Waals surface area contributed by atoms with Gasteiger partial charge >= 0.3 is 0 Å². The van der Waals surface area contributed by atoms with Crippen molar-refractivity contribution in [2.24, 2.45) is 7.05 Å². The first-order chi connectivity index (χ1) is 10.6. The van der Waals surface area contributed by atoms with E-state index in [0.717, 1.165) is 19.6 Å². The molecule has 0 unspecified atom stereocenters. The summed E-state index contributed by atoms with van der Waals surface area (Å²) in [6.45, 7) is 8.12. The Hall–Kier alpha value is -1.24. The number of ether oxygens (including phenoxy) is 1. The number of aromatic nitrogens is 3. The fourth-order valence-corrected chi connectivity index (χ4v) is 3.67. The molecule has 120 valence electrons. The molecule has 0 aliphatic carbocycles. The molecule has 2 aromatic heterocycles. The van der Waals surface area contributed by atoms with Gasteiger partial charge in [-0.25, -0.2) is 4.98 Å². The van der Waals surface area contributed by atoms with Crippen LogP contribution in [-0.4, -0.2) is 27.4 Å². The first-order valence-electron chi connectivity index (χ1n) is 7.84. The summed E-state index contributed by atoms with van der Waals surface area (Å²) < 4.78 is 7.86. The van der Waals surface area contributed by atoms with Crippen LogP contribution in [-0.2, 0) is 18.3 Å². The largest absolute Gasteiger partial charge is 0.372 e. The van der Waals surface area contributed by atoms with Crippen molar-refractivity contribution < 1.29 is 4.74 Å². The van der Waals surface area contributed by atoms with Gasteiger partial charge in [0.25, 0.3) is 0 Å². The average molecular weight is 320 g/mol. The van der Waals surface area contributed by atoms with Gasteiger partial charge in [-0.3, -0.25) is 4.68 Å². The van der Waals surface area contributed by atoms with Gasteiger partial charge in [0.15, 0.2) is 0 Å². The lowest BCUT2D eigenvalue weighted by Crippen LogP contribution is -2.31. The Labute approximate surface area is 135 Å². The van der Waals surface area contributed by atoms with E-state index in [2.05, 4.69) is 36.2 Å². The van der Waals surface area contributed by atoms with Gasteiger partial charge in [0.2, 0.25) is 0 Å². The molecule has 1 N–H and O–H groups in total. The minimum Gasteiger partial charge on any atom is -0.372 e. The monoisotopic (exact) mass is 320 g/mol. The van der Waals surface area contributed by atoms with E-state index in [4.69, 9.17) is 4.74 Å². The number of thiazole rings is 1. The van der Waals surface area contributed by atoms with Crippen LogP contribution in [0.25, 0.3) is 0 Å². The van der Waals surface area contributed by atoms with Gasteiger partial charge in [0.1, 0.15) is 6.10 Å². The van der Waals surface area contributed by atoms with E-state index in [9.17, 15) is 0 Å². The molecular weight excluding hydrogens is 296 g/mol. The second-order valence-electron chi connectivity index (χ2n) is 6.20. The standard InChI is InChI=1S/C16H24N4OS/c1-10(2)16-18-8-12(22-16)7-17-14-5-6-21-15(14)13-9-19-20(4)11(13)3/h8-10,14-15,17H,5-7H2,1-4H3/t14-,15+/m0/s1.